The lowest BCUT2D eigenvalue weighted by atomic mass is 10.1. The quantitative estimate of drug-likeness (QED) is 0.865. The summed E-state index contributed by atoms with van der Waals surface area (Å²) in [5.41, 5.74) is 1.07. The monoisotopic (exact) mass is 288 g/mol. The number of hydrogen-bond acceptors (Lipinski definition) is 2. The molecule has 0 spiro atoms. The van der Waals surface area contributed by atoms with Crippen LogP contribution in [0.2, 0.25) is 0 Å². The third-order valence-corrected chi connectivity index (χ3v) is 4.21. The molecule has 0 saturated carbocycles. The van der Waals surface area contributed by atoms with Crippen LogP contribution >= 0.6 is 0 Å². The van der Waals surface area contributed by atoms with Crippen LogP contribution in [-0.4, -0.2) is 23.0 Å². The predicted molar refractivity (Wildman–Crippen MR) is 86.8 cm³/mol. The maximum absolute atomic E-state index is 12.9. The van der Waals surface area contributed by atoms with Crippen LogP contribution in [0.4, 0.5) is 0 Å². The number of carbonyl (C=O) groups excluding carboxylic acids is 1. The average Bonchev–Trinajstić information content (AvgIpc) is 2.76. The topological polar surface area (TPSA) is 32.3 Å². The highest BCUT2D eigenvalue weighted by Gasteiger charge is 2.41. The Hall–Kier alpha value is -1.35. The maximum Gasteiger partial charge on any atom is 0.245 e. The predicted octanol–water partition coefficient (Wildman–Crippen LogP) is 3.72. The molecular weight excluding hydrogens is 260 g/mol. The summed E-state index contributed by atoms with van der Waals surface area (Å²) in [6, 6.07) is 10.2. The molecule has 0 radical (unpaired) electrons. The van der Waals surface area contributed by atoms with E-state index in [-0.39, 0.29) is 18.1 Å². The van der Waals surface area contributed by atoms with Crippen molar-refractivity contribution in [1.82, 2.24) is 10.2 Å². The molecule has 1 aliphatic rings. The molecular formula is C18H28N2O. The number of benzene rings is 1. The van der Waals surface area contributed by atoms with Crippen molar-refractivity contribution in [2.75, 3.05) is 0 Å². The summed E-state index contributed by atoms with van der Waals surface area (Å²) in [5, 5.41) is 3.55. The minimum absolute atomic E-state index is 0.157. The number of hydrogen-bond donors (Lipinski definition) is 1. The molecule has 2 rings (SSSR count). The van der Waals surface area contributed by atoms with Crippen LogP contribution < -0.4 is 5.32 Å². The molecule has 116 valence electrons. The summed E-state index contributed by atoms with van der Waals surface area (Å²) in [4.78, 5) is 15.0. The lowest BCUT2D eigenvalue weighted by Crippen LogP contribution is -2.43. The Kier molecular flexibility index (Phi) is 5.40. The normalized spacial score (nSPS) is 23.9. The van der Waals surface area contributed by atoms with E-state index in [1.165, 1.54) is 0 Å². The lowest BCUT2D eigenvalue weighted by Gasteiger charge is -2.31. The molecule has 0 bridgehead atoms. The van der Waals surface area contributed by atoms with Crippen molar-refractivity contribution in [3.63, 3.8) is 0 Å². The molecule has 1 amide bonds. The van der Waals surface area contributed by atoms with Crippen LogP contribution in [0.1, 0.15) is 58.6 Å². The van der Waals surface area contributed by atoms with Crippen molar-refractivity contribution in [2.45, 2.75) is 65.2 Å². The van der Waals surface area contributed by atoms with Crippen LogP contribution in [0.3, 0.4) is 0 Å². The van der Waals surface area contributed by atoms with Gasteiger partial charge in [-0.1, -0.05) is 57.5 Å². The second-order valence-electron chi connectivity index (χ2n) is 6.54. The molecule has 0 aromatic heterocycles. The smallest absolute Gasteiger partial charge is 0.245 e. The molecule has 3 heteroatoms. The van der Waals surface area contributed by atoms with Gasteiger partial charge < -0.3 is 4.90 Å². The van der Waals surface area contributed by atoms with Crippen LogP contribution in [0, 0.1) is 5.92 Å². The zero-order valence-electron chi connectivity index (χ0n) is 13.7. The zero-order chi connectivity index (χ0) is 15.4. The summed E-state index contributed by atoms with van der Waals surface area (Å²) < 4.78 is 0. The molecule has 0 aliphatic carbocycles. The molecule has 1 fully saturated rings. The first-order valence-electron chi connectivity index (χ1n) is 8.17. The zero-order valence-corrected chi connectivity index (χ0v) is 13.7. The van der Waals surface area contributed by atoms with E-state index in [9.17, 15) is 4.79 Å². The van der Waals surface area contributed by atoms with Gasteiger partial charge in [0.05, 0.1) is 6.17 Å². The highest BCUT2D eigenvalue weighted by molar-refractivity contribution is 5.86. The second-order valence-corrected chi connectivity index (χ2v) is 6.54. The summed E-state index contributed by atoms with van der Waals surface area (Å²) in [5.74, 6) is 0.800. The first-order valence-corrected chi connectivity index (χ1v) is 8.17. The van der Waals surface area contributed by atoms with E-state index in [0.29, 0.717) is 12.0 Å². The van der Waals surface area contributed by atoms with Gasteiger partial charge in [0, 0.05) is 6.04 Å². The molecule has 1 heterocycles. The molecule has 1 aromatic carbocycles. The second kappa shape index (κ2) is 7.08. The third-order valence-electron chi connectivity index (χ3n) is 4.21. The molecule has 3 nitrogen and oxygen atoms in total. The Morgan fingerprint density at radius 2 is 1.86 bits per heavy atom. The van der Waals surface area contributed by atoms with Gasteiger partial charge in [-0.15, -0.1) is 0 Å². The number of carbonyl (C=O) groups is 1. The van der Waals surface area contributed by atoms with E-state index in [0.717, 1.165) is 24.8 Å². The largest absolute Gasteiger partial charge is 0.323 e. The van der Waals surface area contributed by atoms with Gasteiger partial charge in [-0.05, 0) is 31.2 Å². The van der Waals surface area contributed by atoms with Gasteiger partial charge in [-0.2, -0.15) is 0 Å². The summed E-state index contributed by atoms with van der Waals surface area (Å²) in [6.45, 7) is 8.77. The van der Waals surface area contributed by atoms with Gasteiger partial charge in [0.25, 0.3) is 0 Å². The van der Waals surface area contributed by atoms with Crippen molar-refractivity contribution < 1.29 is 4.79 Å². The van der Waals surface area contributed by atoms with Crippen LogP contribution in [0.25, 0.3) is 0 Å². The van der Waals surface area contributed by atoms with Gasteiger partial charge >= 0.3 is 0 Å². The van der Waals surface area contributed by atoms with Gasteiger partial charge in [0.15, 0.2) is 0 Å². The number of nitrogens with zero attached hydrogens (tertiary/aromatic N) is 1. The highest BCUT2D eigenvalue weighted by atomic mass is 16.2. The van der Waals surface area contributed by atoms with Gasteiger partial charge in [-0.25, -0.2) is 0 Å². The fourth-order valence-electron chi connectivity index (χ4n) is 3.24. The number of amides is 1. The molecule has 1 aromatic rings. The van der Waals surface area contributed by atoms with Gasteiger partial charge in [0.2, 0.25) is 5.91 Å². The van der Waals surface area contributed by atoms with E-state index >= 15 is 0 Å². The fourth-order valence-corrected chi connectivity index (χ4v) is 3.24. The first kappa shape index (κ1) is 16.0. The first-order chi connectivity index (χ1) is 10.0. The van der Waals surface area contributed by atoms with E-state index in [1.807, 2.05) is 30.3 Å². The van der Waals surface area contributed by atoms with Crippen LogP contribution in [0.15, 0.2) is 30.3 Å². The SMILES string of the molecule is CCCC(C)N1C(=O)C(c2ccccc2)NC1CC(C)C. The molecule has 1 saturated heterocycles. The lowest BCUT2D eigenvalue weighted by molar-refractivity contribution is -0.132. The summed E-state index contributed by atoms with van der Waals surface area (Å²) in [7, 11) is 0. The van der Waals surface area contributed by atoms with Crippen LogP contribution in [-0.2, 0) is 4.79 Å². The molecule has 1 N–H and O–H groups in total. The van der Waals surface area contributed by atoms with E-state index < -0.39 is 0 Å². The number of rotatable bonds is 6. The Morgan fingerprint density at radius 1 is 1.19 bits per heavy atom. The summed E-state index contributed by atoms with van der Waals surface area (Å²) in [6.07, 6.45) is 3.33. The van der Waals surface area contributed by atoms with E-state index in [4.69, 9.17) is 0 Å². The minimum atomic E-state index is -0.186. The Bertz CT molecular complexity index is 458. The van der Waals surface area contributed by atoms with Crippen molar-refractivity contribution in [3.8, 4) is 0 Å². The average molecular weight is 288 g/mol. The third kappa shape index (κ3) is 3.65. The Balaban J connectivity index is 2.22. The minimum Gasteiger partial charge on any atom is -0.323 e. The molecule has 21 heavy (non-hydrogen) atoms. The van der Waals surface area contributed by atoms with Crippen molar-refractivity contribution >= 4 is 5.91 Å². The van der Waals surface area contributed by atoms with Crippen molar-refractivity contribution in [1.29, 1.82) is 0 Å². The standard InChI is InChI=1S/C18H28N2O/c1-5-9-14(4)20-16(12-13(2)3)19-17(18(20)21)15-10-7-6-8-11-15/h6-8,10-11,13-14,16-17,19H,5,9,12H2,1-4H3. The van der Waals surface area contributed by atoms with Crippen molar-refractivity contribution in [2.24, 2.45) is 5.92 Å². The summed E-state index contributed by atoms with van der Waals surface area (Å²) >= 11 is 0. The van der Waals surface area contributed by atoms with E-state index in [2.05, 4.69) is 37.9 Å². The molecule has 3 atom stereocenters. The Morgan fingerprint density at radius 3 is 2.43 bits per heavy atom. The molecule has 1 aliphatic heterocycles. The molecule has 3 unspecified atom stereocenters. The van der Waals surface area contributed by atoms with E-state index in [1.54, 1.807) is 0 Å². The van der Waals surface area contributed by atoms with Crippen molar-refractivity contribution in [3.05, 3.63) is 35.9 Å². The Labute approximate surface area is 128 Å². The fraction of sp³-hybridized carbons (Fsp3) is 0.611. The van der Waals surface area contributed by atoms with Gasteiger partial charge in [0.1, 0.15) is 6.04 Å². The maximum atomic E-state index is 12.9. The number of nitrogens with one attached hydrogen (secondary N) is 1. The van der Waals surface area contributed by atoms with Gasteiger partial charge in [-0.3, -0.25) is 10.1 Å². The highest BCUT2D eigenvalue weighted by Crippen LogP contribution is 2.29. The van der Waals surface area contributed by atoms with Crippen LogP contribution in [0.5, 0.6) is 0 Å².